The lowest BCUT2D eigenvalue weighted by atomic mass is 9.65. The Labute approximate surface area is 181 Å². The van der Waals surface area contributed by atoms with E-state index in [0.29, 0.717) is 12.8 Å². The Balaban J connectivity index is 7.04. The molecule has 0 saturated heterocycles. The molecule has 0 rings (SSSR count). The SMILES string of the molecule is CCC(CC)CC(C(=O)O)=C(C(=O)O)C(CC(CC)CC)(CC(CC)CC)C(=O)O. The van der Waals surface area contributed by atoms with Gasteiger partial charge in [0.1, 0.15) is 5.41 Å². The van der Waals surface area contributed by atoms with E-state index in [2.05, 4.69) is 0 Å². The van der Waals surface area contributed by atoms with Crippen molar-refractivity contribution in [3.8, 4) is 0 Å². The minimum Gasteiger partial charge on any atom is -0.481 e. The molecule has 0 spiro atoms. The fraction of sp³-hybridized carbons (Fsp3) is 0.792. The Morgan fingerprint density at radius 2 is 1.00 bits per heavy atom. The maximum Gasteiger partial charge on any atom is 0.333 e. The summed E-state index contributed by atoms with van der Waals surface area (Å²) in [6, 6.07) is 0. The number of hydrogen-bond acceptors (Lipinski definition) is 3. The van der Waals surface area contributed by atoms with Crippen molar-refractivity contribution in [2.75, 3.05) is 0 Å². The largest absolute Gasteiger partial charge is 0.481 e. The molecule has 0 amide bonds. The summed E-state index contributed by atoms with van der Waals surface area (Å²) in [4.78, 5) is 37.5. The first-order valence-electron chi connectivity index (χ1n) is 11.5. The third-order valence-corrected chi connectivity index (χ3v) is 6.89. The number of carboxylic acids is 3. The third kappa shape index (κ3) is 7.13. The zero-order valence-corrected chi connectivity index (χ0v) is 19.7. The highest BCUT2D eigenvalue weighted by molar-refractivity contribution is 6.04. The zero-order valence-electron chi connectivity index (χ0n) is 19.7. The predicted molar refractivity (Wildman–Crippen MR) is 118 cm³/mol. The van der Waals surface area contributed by atoms with E-state index >= 15 is 0 Å². The molecular weight excluding hydrogens is 384 g/mol. The van der Waals surface area contributed by atoms with Crippen molar-refractivity contribution in [1.82, 2.24) is 0 Å². The van der Waals surface area contributed by atoms with E-state index in [-0.39, 0.29) is 42.6 Å². The van der Waals surface area contributed by atoms with E-state index in [4.69, 9.17) is 0 Å². The first-order chi connectivity index (χ1) is 14.1. The van der Waals surface area contributed by atoms with Crippen LogP contribution in [0, 0.1) is 23.2 Å². The van der Waals surface area contributed by atoms with E-state index < -0.39 is 28.9 Å². The maximum atomic E-state index is 12.8. The summed E-state index contributed by atoms with van der Waals surface area (Å²) in [5.74, 6) is -3.95. The van der Waals surface area contributed by atoms with Crippen LogP contribution in [0.3, 0.4) is 0 Å². The molecule has 0 aromatic heterocycles. The van der Waals surface area contributed by atoms with Gasteiger partial charge < -0.3 is 15.3 Å². The van der Waals surface area contributed by atoms with E-state index in [1.165, 1.54) is 0 Å². The van der Waals surface area contributed by atoms with Crippen LogP contribution in [0.15, 0.2) is 11.1 Å². The lowest BCUT2D eigenvalue weighted by molar-refractivity contribution is -0.152. The van der Waals surface area contributed by atoms with Crippen LogP contribution in [-0.4, -0.2) is 33.2 Å². The average Bonchev–Trinajstić information content (AvgIpc) is 2.71. The lowest BCUT2D eigenvalue weighted by Gasteiger charge is -2.37. The maximum absolute atomic E-state index is 12.8. The van der Waals surface area contributed by atoms with Crippen molar-refractivity contribution in [2.24, 2.45) is 23.2 Å². The third-order valence-electron chi connectivity index (χ3n) is 6.89. The summed E-state index contributed by atoms with van der Waals surface area (Å²) in [5, 5.41) is 30.5. The van der Waals surface area contributed by atoms with E-state index in [1.807, 2.05) is 41.5 Å². The summed E-state index contributed by atoms with van der Waals surface area (Å²) in [6.07, 6.45) is 4.66. The van der Waals surface area contributed by atoms with Crippen LogP contribution >= 0.6 is 0 Å². The van der Waals surface area contributed by atoms with Gasteiger partial charge in [-0.05, 0) is 37.0 Å². The highest BCUT2D eigenvalue weighted by Crippen LogP contribution is 2.46. The Kier molecular flexibility index (Phi) is 12.6. The Bertz CT molecular complexity index is 581. The molecule has 6 heteroatoms. The minimum absolute atomic E-state index is 0.00163. The van der Waals surface area contributed by atoms with Gasteiger partial charge in [0.25, 0.3) is 0 Å². The number of carbonyl (C=O) groups is 3. The Morgan fingerprint density at radius 1 is 0.633 bits per heavy atom. The van der Waals surface area contributed by atoms with Gasteiger partial charge in [-0.15, -0.1) is 0 Å². The molecule has 174 valence electrons. The molecule has 0 saturated carbocycles. The van der Waals surface area contributed by atoms with Gasteiger partial charge in [0.05, 0.1) is 5.57 Å². The number of hydrogen-bond donors (Lipinski definition) is 3. The van der Waals surface area contributed by atoms with Crippen LogP contribution in [0.1, 0.15) is 99.3 Å². The normalized spacial score (nSPS) is 13.1. The van der Waals surface area contributed by atoms with Crippen LogP contribution < -0.4 is 0 Å². The van der Waals surface area contributed by atoms with Gasteiger partial charge in [-0.25, -0.2) is 9.59 Å². The zero-order chi connectivity index (χ0) is 23.5. The van der Waals surface area contributed by atoms with Gasteiger partial charge in [0.15, 0.2) is 0 Å². The molecule has 0 aliphatic rings. The molecule has 0 aromatic carbocycles. The second-order valence-corrected chi connectivity index (χ2v) is 8.51. The summed E-state index contributed by atoms with van der Waals surface area (Å²) in [6.45, 7) is 11.7. The van der Waals surface area contributed by atoms with E-state index in [1.54, 1.807) is 0 Å². The first-order valence-corrected chi connectivity index (χ1v) is 11.5. The molecule has 0 radical (unpaired) electrons. The van der Waals surface area contributed by atoms with E-state index in [0.717, 1.165) is 25.7 Å². The molecule has 6 nitrogen and oxygen atoms in total. The molecule has 0 bridgehead atoms. The van der Waals surface area contributed by atoms with Crippen LogP contribution in [0.5, 0.6) is 0 Å². The fourth-order valence-electron chi connectivity index (χ4n) is 4.49. The molecule has 0 unspecified atom stereocenters. The molecule has 0 heterocycles. The molecule has 0 atom stereocenters. The fourth-order valence-corrected chi connectivity index (χ4v) is 4.49. The van der Waals surface area contributed by atoms with Gasteiger partial charge in [-0.1, -0.05) is 80.1 Å². The van der Waals surface area contributed by atoms with Gasteiger partial charge in [0.2, 0.25) is 0 Å². The Morgan fingerprint density at radius 3 is 1.23 bits per heavy atom. The monoisotopic (exact) mass is 426 g/mol. The number of carboxylic acid groups (broad SMARTS) is 3. The summed E-state index contributed by atoms with van der Waals surface area (Å²) in [7, 11) is 0. The van der Waals surface area contributed by atoms with Crippen LogP contribution in [0.2, 0.25) is 0 Å². The van der Waals surface area contributed by atoms with Gasteiger partial charge >= 0.3 is 17.9 Å². The first kappa shape index (κ1) is 28.1. The number of rotatable bonds is 16. The van der Waals surface area contributed by atoms with Crippen molar-refractivity contribution in [2.45, 2.75) is 99.3 Å². The standard InChI is InChI=1S/C24H42O6/c1-7-16(8-2)13-19(21(25)26)20(22(27)28)24(23(29)30,14-17(9-3)10-4)15-18(11-5)12-6/h16-18H,7-15H2,1-6H3,(H,25,26)(H,27,28)(H,29,30). The smallest absolute Gasteiger partial charge is 0.333 e. The van der Waals surface area contributed by atoms with Crippen molar-refractivity contribution in [3.63, 3.8) is 0 Å². The predicted octanol–water partition coefficient (Wildman–Crippen LogP) is 6.00. The highest BCUT2D eigenvalue weighted by Gasteiger charge is 2.49. The molecule has 0 aliphatic heterocycles. The second kappa shape index (κ2) is 13.5. The molecule has 30 heavy (non-hydrogen) atoms. The summed E-state index contributed by atoms with van der Waals surface area (Å²) < 4.78 is 0. The average molecular weight is 427 g/mol. The van der Waals surface area contributed by atoms with Gasteiger partial charge in [-0.3, -0.25) is 4.79 Å². The summed E-state index contributed by atoms with van der Waals surface area (Å²) >= 11 is 0. The van der Waals surface area contributed by atoms with E-state index in [9.17, 15) is 29.7 Å². The molecule has 0 aliphatic carbocycles. The van der Waals surface area contributed by atoms with Crippen molar-refractivity contribution in [1.29, 1.82) is 0 Å². The van der Waals surface area contributed by atoms with Crippen LogP contribution in [0.25, 0.3) is 0 Å². The minimum atomic E-state index is -1.71. The quantitative estimate of drug-likeness (QED) is 0.261. The van der Waals surface area contributed by atoms with Gasteiger partial charge in [-0.2, -0.15) is 0 Å². The van der Waals surface area contributed by atoms with Gasteiger partial charge in [0, 0.05) is 5.57 Å². The Hall–Kier alpha value is -1.85. The van der Waals surface area contributed by atoms with Crippen molar-refractivity contribution in [3.05, 3.63) is 11.1 Å². The summed E-state index contributed by atoms with van der Waals surface area (Å²) in [5.41, 5.74) is -2.36. The van der Waals surface area contributed by atoms with Crippen LogP contribution in [0.4, 0.5) is 0 Å². The van der Waals surface area contributed by atoms with Crippen LogP contribution in [-0.2, 0) is 14.4 Å². The second-order valence-electron chi connectivity index (χ2n) is 8.51. The molecule has 0 aromatic rings. The molecule has 0 fully saturated rings. The molecular formula is C24H42O6. The van der Waals surface area contributed by atoms with Crippen molar-refractivity contribution < 1.29 is 29.7 Å². The highest BCUT2D eigenvalue weighted by atomic mass is 16.4. The topological polar surface area (TPSA) is 112 Å². The lowest BCUT2D eigenvalue weighted by Crippen LogP contribution is -2.41. The molecule has 3 N–H and O–H groups in total. The number of aliphatic carboxylic acids is 3. The van der Waals surface area contributed by atoms with Crippen molar-refractivity contribution >= 4 is 17.9 Å².